The summed E-state index contributed by atoms with van der Waals surface area (Å²) in [6, 6.07) is 0.0643. The van der Waals surface area contributed by atoms with Crippen molar-refractivity contribution in [3.05, 3.63) is 15.5 Å². The molecule has 0 aliphatic heterocycles. The number of nitrogens with one attached hydrogen (secondary N) is 2. The van der Waals surface area contributed by atoms with Gasteiger partial charge in [0.1, 0.15) is 5.01 Å². The van der Waals surface area contributed by atoms with E-state index in [4.69, 9.17) is 5.84 Å². The zero-order chi connectivity index (χ0) is 13.1. The molecule has 10 heteroatoms. The van der Waals surface area contributed by atoms with Gasteiger partial charge in [-0.2, -0.15) is 0 Å². The molecule has 98 valence electrons. The van der Waals surface area contributed by atoms with Gasteiger partial charge in [0, 0.05) is 6.04 Å². The summed E-state index contributed by atoms with van der Waals surface area (Å²) < 4.78 is 1.60. The van der Waals surface area contributed by atoms with Gasteiger partial charge in [-0.25, -0.2) is 15.7 Å². The first-order valence-electron chi connectivity index (χ1n) is 5.20. The normalized spacial score (nSPS) is 11.1. The zero-order valence-corrected chi connectivity index (χ0v) is 11.5. The highest BCUT2D eigenvalue weighted by atomic mass is 32.2. The summed E-state index contributed by atoms with van der Waals surface area (Å²) in [5.74, 6) is 5.82. The maximum atomic E-state index is 11.5. The van der Waals surface area contributed by atoms with Crippen LogP contribution in [0, 0.1) is 0 Å². The molecule has 0 aromatic carbocycles. The highest BCUT2D eigenvalue weighted by molar-refractivity contribution is 7.98. The van der Waals surface area contributed by atoms with E-state index in [1.807, 2.05) is 13.8 Å². The van der Waals surface area contributed by atoms with Gasteiger partial charge in [0.05, 0.1) is 5.75 Å². The van der Waals surface area contributed by atoms with E-state index in [9.17, 15) is 4.79 Å². The van der Waals surface area contributed by atoms with Crippen molar-refractivity contribution in [1.82, 2.24) is 25.0 Å². The van der Waals surface area contributed by atoms with Gasteiger partial charge in [-0.1, -0.05) is 23.1 Å². The molecule has 2 aromatic rings. The minimum atomic E-state index is -0.200. The fourth-order valence-corrected chi connectivity index (χ4v) is 3.06. The summed E-state index contributed by atoms with van der Waals surface area (Å²) >= 11 is 2.80. The van der Waals surface area contributed by atoms with E-state index in [1.165, 1.54) is 23.1 Å². The number of aromatic nitrogens is 5. The third-order valence-electron chi connectivity index (χ3n) is 2.10. The molecule has 0 saturated carbocycles. The second-order valence-electron chi connectivity index (χ2n) is 3.71. The Kier molecular flexibility index (Phi) is 3.99. The Bertz CT molecular complexity index is 572. The number of thioether (sulfide) groups is 1. The number of hydrazine groups is 1. The lowest BCUT2D eigenvalue weighted by Crippen LogP contribution is -2.19. The number of H-pyrrole nitrogens is 1. The van der Waals surface area contributed by atoms with E-state index in [-0.39, 0.29) is 11.7 Å². The maximum absolute atomic E-state index is 11.5. The molecule has 2 aromatic heterocycles. The van der Waals surface area contributed by atoms with Gasteiger partial charge >= 0.3 is 5.69 Å². The maximum Gasteiger partial charge on any atom is 0.344 e. The van der Waals surface area contributed by atoms with Crippen molar-refractivity contribution < 1.29 is 0 Å². The van der Waals surface area contributed by atoms with Crippen molar-refractivity contribution in [3.63, 3.8) is 0 Å². The average molecular weight is 287 g/mol. The minimum absolute atomic E-state index is 0.0643. The molecular weight excluding hydrogens is 274 g/mol. The highest BCUT2D eigenvalue weighted by Gasteiger charge is 2.13. The van der Waals surface area contributed by atoms with Crippen LogP contribution in [0.5, 0.6) is 0 Å². The van der Waals surface area contributed by atoms with Crippen LogP contribution >= 0.6 is 23.1 Å². The summed E-state index contributed by atoms with van der Waals surface area (Å²) in [4.78, 5) is 11.5. The third kappa shape index (κ3) is 2.71. The predicted octanol–water partition coefficient (Wildman–Crippen LogP) is 0.582. The summed E-state index contributed by atoms with van der Waals surface area (Å²) in [5.41, 5.74) is 2.24. The molecule has 0 radical (unpaired) electrons. The Balaban J connectivity index is 2.08. The third-order valence-corrected chi connectivity index (χ3v) is 4.10. The second kappa shape index (κ2) is 5.50. The van der Waals surface area contributed by atoms with Gasteiger partial charge in [0.15, 0.2) is 5.16 Å². The number of nitrogen functional groups attached to an aromatic ring is 1. The molecule has 0 atom stereocenters. The molecule has 2 rings (SSSR count). The van der Waals surface area contributed by atoms with Crippen molar-refractivity contribution in [2.24, 2.45) is 5.84 Å². The zero-order valence-electron chi connectivity index (χ0n) is 9.88. The molecule has 2 heterocycles. The standard InChI is InChI=1S/C8H13N7OS2/c1-4(2)15-7(16)13-14-8(15)17-3-5-11-12-6(10-9)18-5/h4H,3,9H2,1-2H3,(H,10,12)(H,13,16). The van der Waals surface area contributed by atoms with Gasteiger partial charge < -0.3 is 0 Å². The van der Waals surface area contributed by atoms with Crippen molar-refractivity contribution in [3.8, 4) is 0 Å². The lowest BCUT2D eigenvalue weighted by atomic mass is 10.4. The number of rotatable bonds is 5. The van der Waals surface area contributed by atoms with E-state index in [0.29, 0.717) is 16.0 Å². The summed E-state index contributed by atoms with van der Waals surface area (Å²) in [5, 5.41) is 16.2. The van der Waals surface area contributed by atoms with E-state index >= 15 is 0 Å². The van der Waals surface area contributed by atoms with E-state index in [2.05, 4.69) is 25.8 Å². The molecule has 0 aliphatic rings. The van der Waals surface area contributed by atoms with Gasteiger partial charge in [0.2, 0.25) is 5.13 Å². The molecule has 0 unspecified atom stereocenters. The lowest BCUT2D eigenvalue weighted by molar-refractivity contribution is 0.534. The monoisotopic (exact) mass is 287 g/mol. The number of nitrogens with two attached hydrogens (primary N) is 1. The predicted molar refractivity (Wildman–Crippen MR) is 70.5 cm³/mol. The number of aromatic amines is 1. The molecule has 0 amide bonds. The number of anilines is 1. The molecular formula is C8H13N7OS2. The minimum Gasteiger partial charge on any atom is -0.298 e. The number of hydrogen-bond donors (Lipinski definition) is 3. The van der Waals surface area contributed by atoms with E-state index in [1.54, 1.807) is 4.57 Å². The van der Waals surface area contributed by atoms with Crippen LogP contribution in [0.25, 0.3) is 0 Å². The molecule has 8 nitrogen and oxygen atoms in total. The summed E-state index contributed by atoms with van der Waals surface area (Å²) in [6.07, 6.45) is 0. The van der Waals surface area contributed by atoms with Gasteiger partial charge in [-0.15, -0.1) is 15.3 Å². The summed E-state index contributed by atoms with van der Waals surface area (Å²) in [7, 11) is 0. The van der Waals surface area contributed by atoms with Gasteiger partial charge in [0.25, 0.3) is 0 Å². The highest BCUT2D eigenvalue weighted by Crippen LogP contribution is 2.24. The summed E-state index contributed by atoms with van der Waals surface area (Å²) in [6.45, 7) is 3.87. The van der Waals surface area contributed by atoms with Crippen molar-refractivity contribution in [2.75, 3.05) is 5.43 Å². The van der Waals surface area contributed by atoms with Crippen LogP contribution in [0.1, 0.15) is 24.9 Å². The lowest BCUT2D eigenvalue weighted by Gasteiger charge is -2.07. The average Bonchev–Trinajstić information content (AvgIpc) is 2.92. The van der Waals surface area contributed by atoms with Crippen molar-refractivity contribution >= 4 is 28.2 Å². The van der Waals surface area contributed by atoms with Crippen LogP contribution in [0.4, 0.5) is 5.13 Å². The molecule has 0 fully saturated rings. The van der Waals surface area contributed by atoms with Crippen LogP contribution in [0.3, 0.4) is 0 Å². The molecule has 0 spiro atoms. The number of nitrogens with zero attached hydrogens (tertiary/aromatic N) is 4. The molecule has 0 saturated heterocycles. The van der Waals surface area contributed by atoms with E-state index < -0.39 is 0 Å². The number of hydrogen-bond acceptors (Lipinski definition) is 8. The molecule has 18 heavy (non-hydrogen) atoms. The second-order valence-corrected chi connectivity index (χ2v) is 5.71. The Hall–Kier alpha value is -1.39. The van der Waals surface area contributed by atoms with Crippen LogP contribution in [0.15, 0.2) is 9.95 Å². The first-order chi connectivity index (χ1) is 8.61. The van der Waals surface area contributed by atoms with Crippen molar-refractivity contribution in [2.45, 2.75) is 30.8 Å². The first-order valence-corrected chi connectivity index (χ1v) is 7.00. The van der Waals surface area contributed by atoms with Crippen LogP contribution in [-0.2, 0) is 5.75 Å². The van der Waals surface area contributed by atoms with Crippen LogP contribution in [0.2, 0.25) is 0 Å². The van der Waals surface area contributed by atoms with Crippen LogP contribution < -0.4 is 17.0 Å². The largest absolute Gasteiger partial charge is 0.344 e. The topological polar surface area (TPSA) is 115 Å². The molecule has 0 bridgehead atoms. The van der Waals surface area contributed by atoms with Crippen LogP contribution in [-0.4, -0.2) is 25.0 Å². The SMILES string of the molecule is CC(C)n1c(SCc2nnc(NN)s2)n[nH]c1=O. The smallest absolute Gasteiger partial charge is 0.298 e. The first kappa shape index (κ1) is 13.1. The van der Waals surface area contributed by atoms with Gasteiger partial charge in [-0.3, -0.25) is 9.99 Å². The van der Waals surface area contributed by atoms with E-state index in [0.717, 1.165) is 5.01 Å². The quantitative estimate of drug-likeness (QED) is 0.418. The Labute approximate surface area is 111 Å². The Morgan fingerprint density at radius 3 is 2.94 bits per heavy atom. The Morgan fingerprint density at radius 2 is 2.33 bits per heavy atom. The Morgan fingerprint density at radius 1 is 1.56 bits per heavy atom. The fraction of sp³-hybridized carbons (Fsp3) is 0.500. The fourth-order valence-electron chi connectivity index (χ4n) is 1.34. The molecule has 0 aliphatic carbocycles. The van der Waals surface area contributed by atoms with Gasteiger partial charge in [-0.05, 0) is 13.8 Å². The van der Waals surface area contributed by atoms with Crippen molar-refractivity contribution in [1.29, 1.82) is 0 Å². The molecule has 4 N–H and O–H groups in total.